The first kappa shape index (κ1) is 15.9. The van der Waals surface area contributed by atoms with E-state index in [0.717, 1.165) is 37.3 Å². The van der Waals surface area contributed by atoms with Gasteiger partial charge in [0.1, 0.15) is 0 Å². The number of aromatic amines is 1. The summed E-state index contributed by atoms with van der Waals surface area (Å²) in [5.41, 5.74) is 1.10. The lowest BCUT2D eigenvalue weighted by atomic mass is 10.2. The number of rotatable bonds is 7. The standard InChI is InChI=1S/C16H24N4S/c1-13(2)19(3)11-7-8-12-20-15(17-18-16(20)21)14-9-5-4-6-10-14/h4-6,9-10,13H,7-8,11-12H2,1-3H3,(H,18,21). The van der Waals surface area contributed by atoms with Gasteiger partial charge >= 0.3 is 0 Å². The summed E-state index contributed by atoms with van der Waals surface area (Å²) in [4.78, 5) is 2.37. The Morgan fingerprint density at radius 3 is 2.62 bits per heavy atom. The summed E-state index contributed by atoms with van der Waals surface area (Å²) in [5.74, 6) is 0.929. The number of nitrogens with zero attached hydrogens (tertiary/aromatic N) is 3. The number of H-pyrrole nitrogens is 1. The van der Waals surface area contributed by atoms with E-state index in [2.05, 4.69) is 52.7 Å². The Kier molecular flexibility index (Phi) is 5.70. The zero-order valence-corrected chi connectivity index (χ0v) is 13.9. The molecule has 1 heterocycles. The first-order chi connectivity index (χ1) is 10.1. The second-order valence-electron chi connectivity index (χ2n) is 5.65. The third-order valence-electron chi connectivity index (χ3n) is 3.81. The highest BCUT2D eigenvalue weighted by atomic mass is 32.1. The molecule has 1 aromatic carbocycles. The van der Waals surface area contributed by atoms with Gasteiger partial charge in [0, 0.05) is 18.2 Å². The van der Waals surface area contributed by atoms with Gasteiger partial charge in [-0.2, -0.15) is 5.10 Å². The molecule has 114 valence electrons. The first-order valence-corrected chi connectivity index (χ1v) is 7.91. The Bertz CT molecular complexity index is 600. The SMILES string of the molecule is CC(C)N(C)CCCCn1c(-c2ccccc2)n[nH]c1=S. The molecule has 1 aromatic heterocycles. The fourth-order valence-corrected chi connectivity index (χ4v) is 2.45. The number of nitrogens with one attached hydrogen (secondary N) is 1. The minimum absolute atomic E-state index is 0.598. The summed E-state index contributed by atoms with van der Waals surface area (Å²) >= 11 is 5.35. The Labute approximate surface area is 131 Å². The third kappa shape index (κ3) is 4.25. The lowest BCUT2D eigenvalue weighted by Crippen LogP contribution is -2.27. The molecule has 4 nitrogen and oxygen atoms in total. The molecule has 0 fully saturated rings. The van der Waals surface area contributed by atoms with Gasteiger partial charge in [-0.05, 0) is 52.5 Å². The van der Waals surface area contributed by atoms with Crippen molar-refractivity contribution in [2.75, 3.05) is 13.6 Å². The average molecular weight is 304 g/mol. The van der Waals surface area contributed by atoms with Crippen LogP contribution in [0.2, 0.25) is 0 Å². The highest BCUT2D eigenvalue weighted by Crippen LogP contribution is 2.17. The molecule has 2 aromatic rings. The predicted octanol–water partition coefficient (Wildman–Crippen LogP) is 3.73. The quantitative estimate of drug-likeness (QED) is 0.625. The Morgan fingerprint density at radius 1 is 1.24 bits per heavy atom. The monoisotopic (exact) mass is 304 g/mol. The normalized spacial score (nSPS) is 11.5. The Morgan fingerprint density at radius 2 is 1.95 bits per heavy atom. The summed E-state index contributed by atoms with van der Waals surface area (Å²) in [6.45, 7) is 6.47. The minimum Gasteiger partial charge on any atom is -0.304 e. The molecule has 5 heteroatoms. The van der Waals surface area contributed by atoms with Gasteiger partial charge in [-0.3, -0.25) is 5.10 Å². The van der Waals surface area contributed by atoms with Crippen molar-refractivity contribution in [1.29, 1.82) is 0 Å². The number of unbranched alkanes of at least 4 members (excludes halogenated alkanes) is 1. The molecule has 0 saturated carbocycles. The van der Waals surface area contributed by atoms with E-state index in [1.165, 1.54) is 0 Å². The average Bonchev–Trinajstić information content (AvgIpc) is 2.85. The van der Waals surface area contributed by atoms with E-state index >= 15 is 0 Å². The van der Waals surface area contributed by atoms with Crippen LogP contribution in [0.1, 0.15) is 26.7 Å². The van der Waals surface area contributed by atoms with Crippen molar-refractivity contribution < 1.29 is 0 Å². The van der Waals surface area contributed by atoms with Crippen LogP contribution in [0.3, 0.4) is 0 Å². The smallest absolute Gasteiger partial charge is 0.195 e. The van der Waals surface area contributed by atoms with Crippen molar-refractivity contribution >= 4 is 12.2 Å². The lowest BCUT2D eigenvalue weighted by molar-refractivity contribution is 0.266. The summed E-state index contributed by atoms with van der Waals surface area (Å²) in [6.07, 6.45) is 2.26. The van der Waals surface area contributed by atoms with E-state index in [1.807, 2.05) is 18.2 Å². The lowest BCUT2D eigenvalue weighted by Gasteiger charge is -2.20. The van der Waals surface area contributed by atoms with Gasteiger partial charge in [0.2, 0.25) is 0 Å². The van der Waals surface area contributed by atoms with Gasteiger partial charge in [-0.1, -0.05) is 30.3 Å². The molecule has 21 heavy (non-hydrogen) atoms. The second kappa shape index (κ2) is 7.52. The van der Waals surface area contributed by atoms with Crippen LogP contribution < -0.4 is 0 Å². The molecular formula is C16H24N4S. The molecule has 0 atom stereocenters. The van der Waals surface area contributed by atoms with Crippen LogP contribution in [0, 0.1) is 4.77 Å². The fourth-order valence-electron chi connectivity index (χ4n) is 2.22. The summed E-state index contributed by atoms with van der Waals surface area (Å²) < 4.78 is 2.80. The number of hydrogen-bond acceptors (Lipinski definition) is 3. The second-order valence-corrected chi connectivity index (χ2v) is 6.04. The van der Waals surface area contributed by atoms with E-state index in [4.69, 9.17) is 12.2 Å². The van der Waals surface area contributed by atoms with Crippen LogP contribution in [-0.4, -0.2) is 39.3 Å². The van der Waals surface area contributed by atoms with Gasteiger partial charge in [-0.25, -0.2) is 0 Å². The maximum atomic E-state index is 5.35. The number of benzene rings is 1. The zero-order valence-electron chi connectivity index (χ0n) is 13.0. The molecule has 0 spiro atoms. The van der Waals surface area contributed by atoms with Crippen molar-refractivity contribution in [2.45, 2.75) is 39.3 Å². The minimum atomic E-state index is 0.598. The molecule has 0 radical (unpaired) electrons. The number of hydrogen-bond donors (Lipinski definition) is 1. The molecule has 1 N–H and O–H groups in total. The highest BCUT2D eigenvalue weighted by molar-refractivity contribution is 7.71. The van der Waals surface area contributed by atoms with E-state index in [-0.39, 0.29) is 0 Å². The number of aromatic nitrogens is 3. The molecule has 0 unspecified atom stereocenters. The predicted molar refractivity (Wildman–Crippen MR) is 89.8 cm³/mol. The van der Waals surface area contributed by atoms with Crippen molar-refractivity contribution in [2.24, 2.45) is 0 Å². The zero-order chi connectivity index (χ0) is 15.2. The van der Waals surface area contributed by atoms with Crippen LogP contribution >= 0.6 is 12.2 Å². The fraction of sp³-hybridized carbons (Fsp3) is 0.500. The summed E-state index contributed by atoms with van der Waals surface area (Å²) in [5, 5.41) is 7.27. The van der Waals surface area contributed by atoms with Gasteiger partial charge in [0.25, 0.3) is 0 Å². The first-order valence-electron chi connectivity index (χ1n) is 7.50. The van der Waals surface area contributed by atoms with E-state index in [9.17, 15) is 0 Å². The van der Waals surface area contributed by atoms with Crippen LogP contribution in [-0.2, 0) is 6.54 Å². The third-order valence-corrected chi connectivity index (χ3v) is 4.13. The molecule has 0 aliphatic heterocycles. The molecule has 2 rings (SSSR count). The van der Waals surface area contributed by atoms with Crippen LogP contribution in [0.15, 0.2) is 30.3 Å². The van der Waals surface area contributed by atoms with Crippen molar-refractivity contribution in [1.82, 2.24) is 19.7 Å². The molecule has 0 aliphatic carbocycles. The highest BCUT2D eigenvalue weighted by Gasteiger charge is 2.08. The van der Waals surface area contributed by atoms with Crippen LogP contribution in [0.4, 0.5) is 0 Å². The van der Waals surface area contributed by atoms with Gasteiger partial charge in [0.05, 0.1) is 0 Å². The molecule has 0 amide bonds. The summed E-state index contributed by atoms with van der Waals surface area (Å²) in [7, 11) is 2.17. The molecule has 0 aliphatic rings. The molecular weight excluding hydrogens is 280 g/mol. The van der Waals surface area contributed by atoms with Crippen LogP contribution in [0.25, 0.3) is 11.4 Å². The largest absolute Gasteiger partial charge is 0.304 e. The van der Waals surface area contributed by atoms with Crippen molar-refractivity contribution in [3.05, 3.63) is 35.1 Å². The van der Waals surface area contributed by atoms with Crippen molar-refractivity contribution in [3.63, 3.8) is 0 Å². The summed E-state index contributed by atoms with van der Waals surface area (Å²) in [6, 6.07) is 10.8. The Hall–Kier alpha value is -1.46. The topological polar surface area (TPSA) is 36.9 Å². The van der Waals surface area contributed by atoms with Crippen LogP contribution in [0.5, 0.6) is 0 Å². The van der Waals surface area contributed by atoms with Gasteiger partial charge in [0.15, 0.2) is 10.6 Å². The Balaban J connectivity index is 1.98. The van der Waals surface area contributed by atoms with E-state index in [1.54, 1.807) is 0 Å². The van der Waals surface area contributed by atoms with E-state index < -0.39 is 0 Å². The maximum absolute atomic E-state index is 5.35. The van der Waals surface area contributed by atoms with E-state index in [0.29, 0.717) is 10.8 Å². The molecule has 0 bridgehead atoms. The molecule has 0 saturated heterocycles. The van der Waals surface area contributed by atoms with Gasteiger partial charge in [-0.15, -0.1) is 0 Å². The van der Waals surface area contributed by atoms with Crippen molar-refractivity contribution in [3.8, 4) is 11.4 Å². The maximum Gasteiger partial charge on any atom is 0.195 e. The van der Waals surface area contributed by atoms with Gasteiger partial charge < -0.3 is 9.47 Å².